The summed E-state index contributed by atoms with van der Waals surface area (Å²) >= 11 is 0. The van der Waals surface area contributed by atoms with E-state index in [1.807, 2.05) is 0 Å². The van der Waals surface area contributed by atoms with Gasteiger partial charge in [0.05, 0.1) is 13.9 Å². The molecule has 0 saturated heterocycles. The van der Waals surface area contributed by atoms with Crippen LogP contribution in [-0.2, 0) is 17.8 Å². The zero-order valence-electron chi connectivity index (χ0n) is 9.49. The van der Waals surface area contributed by atoms with Gasteiger partial charge in [0.25, 0.3) is 0 Å². The van der Waals surface area contributed by atoms with Crippen molar-refractivity contribution in [3.63, 3.8) is 0 Å². The van der Waals surface area contributed by atoms with Crippen molar-refractivity contribution in [1.29, 1.82) is 0 Å². The molecule has 0 aromatic rings. The Morgan fingerprint density at radius 1 is 1.14 bits per heavy atom. The van der Waals surface area contributed by atoms with Crippen LogP contribution in [0, 0.1) is 0 Å². The van der Waals surface area contributed by atoms with Crippen molar-refractivity contribution in [2.45, 2.75) is 19.6 Å². The molecule has 0 aliphatic rings. The molecule has 0 heterocycles. The Kier molecular flexibility index (Phi) is 6.28. The van der Waals surface area contributed by atoms with Gasteiger partial charge in [0.15, 0.2) is 8.46 Å². The van der Waals surface area contributed by atoms with Crippen LogP contribution in [0.2, 0.25) is 19.6 Å². The van der Waals surface area contributed by atoms with Crippen LogP contribution in [-0.4, -0.2) is 43.1 Å². The Hall–Kier alpha value is 0.414. The van der Waals surface area contributed by atoms with E-state index < -0.39 is 16.9 Å². The number of rotatable bonds is 7. The van der Waals surface area contributed by atoms with Gasteiger partial charge < -0.3 is 13.3 Å². The van der Waals surface area contributed by atoms with Crippen molar-refractivity contribution >= 4 is 25.3 Å². The topological polar surface area (TPSA) is 44.8 Å². The normalized spacial score (nSPS) is 13.5. The molecule has 0 rings (SSSR count). The SMILES string of the molecule is CO[Si](CP=O)(OC)OC[Si](C)(C)C. The lowest BCUT2D eigenvalue weighted by molar-refractivity contribution is 0.120. The highest BCUT2D eigenvalue weighted by Crippen LogP contribution is 2.15. The van der Waals surface area contributed by atoms with Gasteiger partial charge in [-0.1, -0.05) is 19.6 Å². The molecule has 84 valence electrons. The summed E-state index contributed by atoms with van der Waals surface area (Å²) in [5.41, 5.74) is 0. The predicted molar refractivity (Wildman–Crippen MR) is 61.5 cm³/mol. The fraction of sp³-hybridized carbons (Fsp3) is 1.00. The molecule has 4 nitrogen and oxygen atoms in total. The van der Waals surface area contributed by atoms with Gasteiger partial charge in [0.2, 0.25) is 0 Å². The van der Waals surface area contributed by atoms with Crippen molar-refractivity contribution in [3.8, 4) is 0 Å². The van der Waals surface area contributed by atoms with Gasteiger partial charge in [-0.3, -0.25) is 4.57 Å². The lowest BCUT2D eigenvalue weighted by Gasteiger charge is -2.27. The van der Waals surface area contributed by atoms with Crippen LogP contribution in [0.15, 0.2) is 0 Å². The van der Waals surface area contributed by atoms with E-state index in [1.165, 1.54) is 0 Å². The third-order valence-corrected chi connectivity index (χ3v) is 6.80. The lowest BCUT2D eigenvalue weighted by atomic mass is 11.7. The quantitative estimate of drug-likeness (QED) is 0.514. The summed E-state index contributed by atoms with van der Waals surface area (Å²) in [4.78, 5) is 0. The van der Waals surface area contributed by atoms with Gasteiger partial charge >= 0.3 is 8.80 Å². The summed E-state index contributed by atoms with van der Waals surface area (Å²) in [6, 6.07) is 0. The molecule has 0 aliphatic heterocycles. The second-order valence-electron chi connectivity index (χ2n) is 4.23. The highest BCUT2D eigenvalue weighted by atomic mass is 31.1. The average molecular weight is 254 g/mol. The van der Waals surface area contributed by atoms with Gasteiger partial charge in [-0.15, -0.1) is 0 Å². The highest BCUT2D eigenvalue weighted by molar-refractivity contribution is 7.28. The monoisotopic (exact) mass is 254 g/mol. The van der Waals surface area contributed by atoms with E-state index in [0.717, 1.165) is 0 Å². The zero-order valence-corrected chi connectivity index (χ0v) is 12.4. The third-order valence-electron chi connectivity index (χ3n) is 1.61. The summed E-state index contributed by atoms with van der Waals surface area (Å²) in [6.07, 6.45) is 0.677. The van der Waals surface area contributed by atoms with Gasteiger partial charge in [-0.2, -0.15) is 0 Å². The van der Waals surface area contributed by atoms with Crippen LogP contribution in [0.4, 0.5) is 0 Å². The second kappa shape index (κ2) is 6.10. The van der Waals surface area contributed by atoms with Crippen LogP contribution < -0.4 is 0 Å². The second-order valence-corrected chi connectivity index (χ2v) is 13.6. The van der Waals surface area contributed by atoms with Crippen LogP contribution >= 0.6 is 8.46 Å². The maximum absolute atomic E-state index is 10.6. The first kappa shape index (κ1) is 14.4. The first-order valence-electron chi connectivity index (χ1n) is 4.42. The molecule has 0 bridgehead atoms. The molecule has 0 N–H and O–H groups in total. The third kappa shape index (κ3) is 5.33. The van der Waals surface area contributed by atoms with E-state index in [-0.39, 0.29) is 8.46 Å². The molecule has 0 spiro atoms. The summed E-state index contributed by atoms with van der Waals surface area (Å²) < 4.78 is 26.7. The Morgan fingerprint density at radius 3 is 1.93 bits per heavy atom. The molecular weight excluding hydrogens is 235 g/mol. The molecule has 0 radical (unpaired) electrons. The Labute approximate surface area is 89.5 Å². The van der Waals surface area contributed by atoms with E-state index in [1.54, 1.807) is 14.2 Å². The standard InChI is InChI=1S/C7H19O4PSi2/c1-9-14(10-2,7-12-8)11-6-13(3,4)5/h6-7H2,1-5H3. The summed E-state index contributed by atoms with van der Waals surface area (Å²) in [7, 11) is -0.817. The summed E-state index contributed by atoms with van der Waals surface area (Å²) in [5.74, 6) is 0.324. The fourth-order valence-corrected chi connectivity index (χ4v) is 5.83. The molecule has 0 atom stereocenters. The van der Waals surface area contributed by atoms with E-state index in [9.17, 15) is 4.57 Å². The van der Waals surface area contributed by atoms with Gasteiger partial charge in [0, 0.05) is 20.4 Å². The summed E-state index contributed by atoms with van der Waals surface area (Å²) in [6.45, 7) is 6.60. The molecule has 0 saturated carbocycles. The van der Waals surface area contributed by atoms with Crippen LogP contribution in [0.25, 0.3) is 0 Å². The van der Waals surface area contributed by atoms with Gasteiger partial charge in [-0.25, -0.2) is 0 Å². The van der Waals surface area contributed by atoms with Crippen molar-refractivity contribution in [1.82, 2.24) is 0 Å². The van der Waals surface area contributed by atoms with Crippen molar-refractivity contribution < 1.29 is 17.8 Å². The smallest absolute Gasteiger partial charge is 0.376 e. The minimum absolute atomic E-state index is 0.0143. The van der Waals surface area contributed by atoms with Gasteiger partial charge in [-0.05, 0) is 0 Å². The molecule has 14 heavy (non-hydrogen) atoms. The maximum atomic E-state index is 10.6. The van der Waals surface area contributed by atoms with Gasteiger partial charge in [0.1, 0.15) is 0 Å². The van der Waals surface area contributed by atoms with Crippen LogP contribution in [0.5, 0.6) is 0 Å². The lowest BCUT2D eigenvalue weighted by Crippen LogP contribution is -2.49. The first-order valence-corrected chi connectivity index (χ1v) is 11.1. The number of hydrogen-bond donors (Lipinski definition) is 0. The first-order chi connectivity index (χ1) is 6.39. The van der Waals surface area contributed by atoms with Crippen LogP contribution in [0.3, 0.4) is 0 Å². The van der Waals surface area contributed by atoms with E-state index in [2.05, 4.69) is 19.6 Å². The molecule has 7 heteroatoms. The molecule has 0 fully saturated rings. The highest BCUT2D eigenvalue weighted by Gasteiger charge is 2.40. The van der Waals surface area contributed by atoms with Crippen molar-refractivity contribution in [3.05, 3.63) is 0 Å². The Morgan fingerprint density at radius 2 is 1.64 bits per heavy atom. The molecule has 0 aromatic heterocycles. The molecule has 0 amide bonds. The average Bonchev–Trinajstić information content (AvgIpc) is 2.11. The maximum Gasteiger partial charge on any atom is 0.512 e. The minimum Gasteiger partial charge on any atom is -0.376 e. The Bertz CT molecular complexity index is 179. The van der Waals surface area contributed by atoms with Crippen molar-refractivity contribution in [2.24, 2.45) is 0 Å². The Balaban J connectivity index is 4.28. The zero-order chi connectivity index (χ0) is 11.2. The predicted octanol–water partition coefficient (Wildman–Crippen LogP) is 1.94. The molecule has 0 unspecified atom stereocenters. The van der Waals surface area contributed by atoms with Crippen molar-refractivity contribution in [2.75, 3.05) is 26.2 Å². The van der Waals surface area contributed by atoms with Crippen LogP contribution in [0.1, 0.15) is 0 Å². The number of hydrogen-bond acceptors (Lipinski definition) is 4. The fourth-order valence-electron chi connectivity index (χ4n) is 0.781. The van der Waals surface area contributed by atoms with E-state index in [0.29, 0.717) is 12.0 Å². The molecular formula is C7H19O4PSi2. The van der Waals surface area contributed by atoms with E-state index >= 15 is 0 Å². The van der Waals surface area contributed by atoms with E-state index in [4.69, 9.17) is 13.3 Å². The minimum atomic E-state index is -2.64. The molecule has 0 aromatic carbocycles. The summed E-state index contributed by atoms with van der Waals surface area (Å²) in [5, 5.41) is 0. The largest absolute Gasteiger partial charge is 0.512 e. The molecule has 0 aliphatic carbocycles.